The number of rotatable bonds is 4. The molecule has 0 spiro atoms. The lowest BCUT2D eigenvalue weighted by Crippen LogP contribution is -2.32. The summed E-state index contributed by atoms with van der Waals surface area (Å²) < 4.78 is 0. The maximum Gasteiger partial charge on any atom is 0.221 e. The number of nitrogens with two attached hydrogens (primary N) is 1. The monoisotopic (exact) mass is 218 g/mol. The molecular formula is C13H18N2O. The van der Waals surface area contributed by atoms with Crippen molar-refractivity contribution in [3.8, 4) is 0 Å². The second-order valence-electron chi connectivity index (χ2n) is 4.50. The van der Waals surface area contributed by atoms with Gasteiger partial charge in [-0.05, 0) is 24.0 Å². The normalized spacial score (nSPS) is 20.4. The molecule has 2 unspecified atom stereocenters. The molecule has 1 amide bonds. The van der Waals surface area contributed by atoms with Gasteiger partial charge < -0.3 is 11.1 Å². The Kier molecular flexibility index (Phi) is 3.25. The van der Waals surface area contributed by atoms with Crippen LogP contribution in [0.1, 0.15) is 30.5 Å². The van der Waals surface area contributed by atoms with Crippen LogP contribution in [-0.2, 0) is 11.2 Å². The van der Waals surface area contributed by atoms with Gasteiger partial charge in [-0.2, -0.15) is 0 Å². The second kappa shape index (κ2) is 4.66. The van der Waals surface area contributed by atoms with Gasteiger partial charge >= 0.3 is 0 Å². The first kappa shape index (κ1) is 11.1. The van der Waals surface area contributed by atoms with Gasteiger partial charge in [0, 0.05) is 18.5 Å². The van der Waals surface area contributed by atoms with Crippen LogP contribution in [0.25, 0.3) is 0 Å². The van der Waals surface area contributed by atoms with Crippen molar-refractivity contribution in [1.29, 1.82) is 0 Å². The molecular weight excluding hydrogens is 200 g/mol. The van der Waals surface area contributed by atoms with Crippen LogP contribution in [0.5, 0.6) is 0 Å². The summed E-state index contributed by atoms with van der Waals surface area (Å²) in [7, 11) is 0. The van der Waals surface area contributed by atoms with Gasteiger partial charge in [-0.1, -0.05) is 31.2 Å². The lowest BCUT2D eigenvalue weighted by Gasteiger charge is -2.16. The Hall–Kier alpha value is -1.35. The summed E-state index contributed by atoms with van der Waals surface area (Å²) in [4.78, 5) is 10.9. The van der Waals surface area contributed by atoms with Crippen LogP contribution < -0.4 is 11.1 Å². The third kappa shape index (κ3) is 2.25. The number of benzene rings is 1. The molecule has 3 nitrogen and oxygen atoms in total. The third-order valence-electron chi connectivity index (χ3n) is 3.29. The number of amides is 1. The number of nitrogens with one attached hydrogen (secondary N) is 1. The van der Waals surface area contributed by atoms with Crippen LogP contribution in [0.3, 0.4) is 0 Å². The van der Waals surface area contributed by atoms with Gasteiger partial charge in [0.2, 0.25) is 5.91 Å². The lowest BCUT2D eigenvalue weighted by molar-refractivity contribution is -0.121. The minimum atomic E-state index is -0.237. The van der Waals surface area contributed by atoms with Gasteiger partial charge in [0.1, 0.15) is 0 Å². The third-order valence-corrected chi connectivity index (χ3v) is 3.29. The minimum Gasteiger partial charge on any atom is -0.369 e. The van der Waals surface area contributed by atoms with Gasteiger partial charge in [0.25, 0.3) is 0 Å². The lowest BCUT2D eigenvalue weighted by atomic mass is 10.1. The molecule has 0 saturated carbocycles. The maximum absolute atomic E-state index is 10.9. The molecule has 0 aliphatic heterocycles. The van der Waals surface area contributed by atoms with Crippen molar-refractivity contribution in [3.63, 3.8) is 0 Å². The van der Waals surface area contributed by atoms with Crippen LogP contribution >= 0.6 is 0 Å². The number of carbonyl (C=O) groups is 1. The molecule has 16 heavy (non-hydrogen) atoms. The molecule has 86 valence electrons. The molecule has 1 aliphatic rings. The second-order valence-corrected chi connectivity index (χ2v) is 4.50. The molecule has 0 heterocycles. The molecule has 0 saturated heterocycles. The van der Waals surface area contributed by atoms with Crippen molar-refractivity contribution in [2.24, 2.45) is 11.7 Å². The van der Waals surface area contributed by atoms with Crippen LogP contribution in [-0.4, -0.2) is 12.5 Å². The number of hydrogen-bond donors (Lipinski definition) is 2. The van der Waals surface area contributed by atoms with E-state index in [4.69, 9.17) is 5.73 Å². The fourth-order valence-electron chi connectivity index (χ4n) is 2.19. The van der Waals surface area contributed by atoms with Crippen molar-refractivity contribution in [2.75, 3.05) is 6.54 Å². The zero-order chi connectivity index (χ0) is 11.5. The first-order chi connectivity index (χ1) is 7.68. The zero-order valence-electron chi connectivity index (χ0n) is 9.57. The summed E-state index contributed by atoms with van der Waals surface area (Å²) in [6, 6.07) is 8.87. The van der Waals surface area contributed by atoms with E-state index in [0.29, 0.717) is 12.6 Å². The van der Waals surface area contributed by atoms with E-state index in [1.165, 1.54) is 11.1 Å². The molecule has 0 aromatic heterocycles. The fourth-order valence-corrected chi connectivity index (χ4v) is 2.19. The largest absolute Gasteiger partial charge is 0.369 e. The Balaban J connectivity index is 1.96. The molecule has 0 fully saturated rings. The summed E-state index contributed by atoms with van der Waals surface area (Å²) in [6.07, 6.45) is 2.24. The minimum absolute atomic E-state index is 0.104. The predicted octanol–water partition coefficient (Wildman–Crippen LogP) is 1.38. The number of primary amides is 1. The molecule has 1 aromatic carbocycles. The standard InChI is InChI=1S/C13H18N2O/c1-9(13(14)16)8-15-12-7-6-10-4-2-3-5-11(10)12/h2-5,9,12,15H,6-8H2,1H3,(H2,14,16). The van der Waals surface area contributed by atoms with Crippen LogP contribution in [0, 0.1) is 5.92 Å². The van der Waals surface area contributed by atoms with Crippen molar-refractivity contribution in [3.05, 3.63) is 35.4 Å². The van der Waals surface area contributed by atoms with E-state index < -0.39 is 0 Å². The maximum atomic E-state index is 10.9. The molecule has 2 atom stereocenters. The highest BCUT2D eigenvalue weighted by molar-refractivity contribution is 5.76. The average Bonchev–Trinajstić information content (AvgIpc) is 2.69. The summed E-state index contributed by atoms with van der Waals surface area (Å²) in [5, 5.41) is 3.42. The van der Waals surface area contributed by atoms with E-state index in [1.54, 1.807) is 0 Å². The highest BCUT2D eigenvalue weighted by Gasteiger charge is 2.22. The molecule has 3 heteroatoms. The van der Waals surface area contributed by atoms with Crippen molar-refractivity contribution < 1.29 is 4.79 Å². The SMILES string of the molecule is CC(CNC1CCc2ccccc21)C(N)=O. The van der Waals surface area contributed by atoms with Gasteiger partial charge in [-0.25, -0.2) is 0 Å². The van der Waals surface area contributed by atoms with E-state index >= 15 is 0 Å². The Morgan fingerprint density at radius 3 is 3.06 bits per heavy atom. The predicted molar refractivity (Wildman–Crippen MR) is 63.9 cm³/mol. The topological polar surface area (TPSA) is 55.1 Å². The number of fused-ring (bicyclic) bond motifs is 1. The van der Waals surface area contributed by atoms with Gasteiger partial charge in [-0.15, -0.1) is 0 Å². The highest BCUT2D eigenvalue weighted by atomic mass is 16.1. The summed E-state index contributed by atoms with van der Waals surface area (Å²) in [6.45, 7) is 2.52. The van der Waals surface area contributed by atoms with Crippen molar-refractivity contribution >= 4 is 5.91 Å². The zero-order valence-corrected chi connectivity index (χ0v) is 9.57. The summed E-state index contributed by atoms with van der Waals surface area (Å²) in [5.74, 6) is -0.341. The molecule has 1 aliphatic carbocycles. The first-order valence-electron chi connectivity index (χ1n) is 5.79. The molecule has 1 aromatic rings. The average molecular weight is 218 g/mol. The Morgan fingerprint density at radius 1 is 1.56 bits per heavy atom. The Morgan fingerprint density at radius 2 is 2.31 bits per heavy atom. The number of carbonyl (C=O) groups excluding carboxylic acids is 1. The van der Waals surface area contributed by atoms with Crippen molar-refractivity contribution in [2.45, 2.75) is 25.8 Å². The van der Waals surface area contributed by atoms with Crippen LogP contribution in [0.4, 0.5) is 0 Å². The van der Waals surface area contributed by atoms with Crippen molar-refractivity contribution in [1.82, 2.24) is 5.32 Å². The summed E-state index contributed by atoms with van der Waals surface area (Å²) in [5.41, 5.74) is 8.03. The smallest absolute Gasteiger partial charge is 0.221 e. The van der Waals surface area contributed by atoms with Gasteiger partial charge in [0.15, 0.2) is 0 Å². The fraction of sp³-hybridized carbons (Fsp3) is 0.462. The van der Waals surface area contributed by atoms with E-state index in [9.17, 15) is 4.79 Å². The molecule has 0 radical (unpaired) electrons. The van der Waals surface area contributed by atoms with Gasteiger partial charge in [-0.3, -0.25) is 4.79 Å². The highest BCUT2D eigenvalue weighted by Crippen LogP contribution is 2.30. The molecule has 0 bridgehead atoms. The Bertz CT molecular complexity index is 389. The van der Waals surface area contributed by atoms with Gasteiger partial charge in [0.05, 0.1) is 0 Å². The number of aryl methyl sites for hydroxylation is 1. The van der Waals surface area contributed by atoms with Crippen LogP contribution in [0.15, 0.2) is 24.3 Å². The van der Waals surface area contributed by atoms with E-state index in [2.05, 4.69) is 29.6 Å². The Labute approximate surface area is 96.0 Å². The first-order valence-corrected chi connectivity index (χ1v) is 5.79. The number of hydrogen-bond acceptors (Lipinski definition) is 2. The quantitative estimate of drug-likeness (QED) is 0.802. The summed E-state index contributed by atoms with van der Waals surface area (Å²) >= 11 is 0. The van der Waals surface area contributed by atoms with E-state index in [1.807, 2.05) is 6.92 Å². The molecule has 2 rings (SSSR count). The van der Waals surface area contributed by atoms with E-state index in [0.717, 1.165) is 12.8 Å². The van der Waals surface area contributed by atoms with Crippen LogP contribution in [0.2, 0.25) is 0 Å². The van der Waals surface area contributed by atoms with E-state index in [-0.39, 0.29) is 11.8 Å². The molecule has 3 N–H and O–H groups in total.